The van der Waals surface area contributed by atoms with E-state index in [9.17, 15) is 5.11 Å². The first kappa shape index (κ1) is 12.9. The van der Waals surface area contributed by atoms with Crippen LogP contribution in [-0.4, -0.2) is 16.2 Å². The van der Waals surface area contributed by atoms with Crippen LogP contribution >= 0.6 is 27.5 Å². The van der Waals surface area contributed by atoms with Gasteiger partial charge in [-0.15, -0.1) is 0 Å². The maximum Gasteiger partial charge on any atom is 0.145 e. The Morgan fingerprint density at radius 2 is 2.16 bits per heavy atom. The van der Waals surface area contributed by atoms with Gasteiger partial charge in [-0.05, 0) is 33.1 Å². The highest BCUT2D eigenvalue weighted by Crippen LogP contribution is 2.35. The minimum absolute atomic E-state index is 0.164. The number of aliphatic hydroxyl groups is 1. The fourth-order valence-electron chi connectivity index (χ4n) is 2.42. The third-order valence-corrected chi connectivity index (χ3v) is 4.03. The molecule has 1 aliphatic rings. The summed E-state index contributed by atoms with van der Waals surface area (Å²) >= 11 is 9.47. The molecule has 1 heterocycles. The Hall–Kier alpha value is -1.10. The van der Waals surface area contributed by atoms with Crippen molar-refractivity contribution in [1.82, 2.24) is 4.98 Å². The van der Waals surface area contributed by atoms with Gasteiger partial charge in [-0.1, -0.05) is 35.9 Å². The largest absolute Gasteiger partial charge is 0.390 e. The van der Waals surface area contributed by atoms with Crippen LogP contribution < -0.4 is 5.32 Å². The number of pyridine rings is 1. The van der Waals surface area contributed by atoms with Gasteiger partial charge in [0.15, 0.2) is 0 Å². The molecule has 0 spiro atoms. The molecule has 19 heavy (non-hydrogen) atoms. The van der Waals surface area contributed by atoms with Gasteiger partial charge in [-0.25, -0.2) is 4.98 Å². The third kappa shape index (κ3) is 2.48. The quantitative estimate of drug-likeness (QED) is 0.879. The van der Waals surface area contributed by atoms with Gasteiger partial charge in [-0.3, -0.25) is 0 Å². The molecule has 0 bridgehead atoms. The van der Waals surface area contributed by atoms with E-state index >= 15 is 0 Å². The first-order valence-corrected chi connectivity index (χ1v) is 7.15. The van der Waals surface area contributed by atoms with E-state index in [1.807, 2.05) is 24.3 Å². The van der Waals surface area contributed by atoms with Gasteiger partial charge in [0.05, 0.1) is 17.2 Å². The molecule has 1 aromatic carbocycles. The first-order chi connectivity index (χ1) is 9.15. The van der Waals surface area contributed by atoms with Crippen molar-refractivity contribution in [3.63, 3.8) is 0 Å². The van der Waals surface area contributed by atoms with Gasteiger partial charge < -0.3 is 10.4 Å². The van der Waals surface area contributed by atoms with Crippen LogP contribution in [0.4, 0.5) is 5.82 Å². The summed E-state index contributed by atoms with van der Waals surface area (Å²) in [4.78, 5) is 4.25. The van der Waals surface area contributed by atoms with E-state index in [1.165, 1.54) is 5.56 Å². The van der Waals surface area contributed by atoms with Crippen LogP contribution in [0.2, 0.25) is 5.02 Å². The van der Waals surface area contributed by atoms with Crippen molar-refractivity contribution in [3.05, 3.63) is 57.2 Å². The molecule has 0 unspecified atom stereocenters. The lowest BCUT2D eigenvalue weighted by atomic mass is 10.1. The second kappa shape index (κ2) is 5.12. The number of aromatic nitrogens is 1. The average molecular weight is 340 g/mol. The molecule has 2 N–H and O–H groups in total. The average Bonchev–Trinajstić information content (AvgIpc) is 2.69. The lowest BCUT2D eigenvalue weighted by Crippen LogP contribution is -2.21. The summed E-state index contributed by atoms with van der Waals surface area (Å²) in [5.41, 5.74) is 2.27. The standard InChI is InChI=1S/C14H12BrClN2O/c15-9-6-11(16)14(17-7-9)18-13-10-4-2-1-3-8(10)5-12(13)19/h1-4,6-7,12-13,19H,5H2,(H,17,18)/t12-,13-/m0/s1. The molecule has 5 heteroatoms. The van der Waals surface area contributed by atoms with Crippen LogP contribution in [0.15, 0.2) is 41.0 Å². The van der Waals surface area contributed by atoms with Gasteiger partial charge in [0.25, 0.3) is 0 Å². The molecule has 1 aromatic heterocycles. The number of nitrogens with one attached hydrogen (secondary N) is 1. The molecule has 0 fully saturated rings. The molecule has 3 nitrogen and oxygen atoms in total. The maximum absolute atomic E-state index is 10.2. The summed E-state index contributed by atoms with van der Waals surface area (Å²) in [6.07, 6.45) is 1.88. The highest BCUT2D eigenvalue weighted by molar-refractivity contribution is 9.10. The smallest absolute Gasteiger partial charge is 0.145 e. The number of nitrogens with zero attached hydrogens (tertiary/aromatic N) is 1. The Bertz CT molecular complexity index is 620. The number of hydrogen-bond donors (Lipinski definition) is 2. The number of halogens is 2. The Labute approximate surface area is 124 Å². The molecular weight excluding hydrogens is 328 g/mol. The zero-order valence-corrected chi connectivity index (χ0v) is 12.3. The van der Waals surface area contributed by atoms with E-state index < -0.39 is 6.10 Å². The molecule has 98 valence electrons. The second-order valence-electron chi connectivity index (χ2n) is 4.58. The SMILES string of the molecule is O[C@H]1Cc2ccccc2[C@@H]1Nc1ncc(Br)cc1Cl. The van der Waals surface area contributed by atoms with Crippen molar-refractivity contribution >= 4 is 33.3 Å². The van der Waals surface area contributed by atoms with Crippen molar-refractivity contribution in [1.29, 1.82) is 0 Å². The predicted octanol–water partition coefficient (Wildman–Crippen LogP) is 3.57. The molecule has 2 aromatic rings. The molecule has 2 atom stereocenters. The predicted molar refractivity (Wildman–Crippen MR) is 79.5 cm³/mol. The number of hydrogen-bond acceptors (Lipinski definition) is 3. The van der Waals surface area contributed by atoms with E-state index in [0.29, 0.717) is 17.3 Å². The van der Waals surface area contributed by atoms with Gasteiger partial charge in [0, 0.05) is 17.1 Å². The zero-order valence-electron chi connectivity index (χ0n) is 9.98. The highest BCUT2D eigenvalue weighted by atomic mass is 79.9. The lowest BCUT2D eigenvalue weighted by molar-refractivity contribution is 0.165. The van der Waals surface area contributed by atoms with Crippen molar-refractivity contribution < 1.29 is 5.11 Å². The van der Waals surface area contributed by atoms with Crippen molar-refractivity contribution in [2.24, 2.45) is 0 Å². The summed E-state index contributed by atoms with van der Waals surface area (Å²) in [6, 6.07) is 9.64. The molecule has 0 saturated carbocycles. The van der Waals surface area contributed by atoms with E-state index in [0.717, 1.165) is 10.0 Å². The normalized spacial score (nSPS) is 21.2. The van der Waals surface area contributed by atoms with Crippen LogP contribution in [0.1, 0.15) is 17.2 Å². The molecule has 0 amide bonds. The number of rotatable bonds is 2. The van der Waals surface area contributed by atoms with Gasteiger partial charge in [-0.2, -0.15) is 0 Å². The summed E-state index contributed by atoms with van der Waals surface area (Å²) in [6.45, 7) is 0. The second-order valence-corrected chi connectivity index (χ2v) is 5.90. The topological polar surface area (TPSA) is 45.1 Å². The van der Waals surface area contributed by atoms with Gasteiger partial charge in [0.2, 0.25) is 0 Å². The van der Waals surface area contributed by atoms with Crippen LogP contribution in [0.5, 0.6) is 0 Å². The van der Waals surface area contributed by atoms with E-state index in [4.69, 9.17) is 11.6 Å². The zero-order chi connectivity index (χ0) is 13.4. The summed E-state index contributed by atoms with van der Waals surface area (Å²) in [5, 5.41) is 13.9. The molecule has 0 radical (unpaired) electrons. The van der Waals surface area contributed by atoms with E-state index in [1.54, 1.807) is 12.3 Å². The number of aliphatic hydroxyl groups excluding tert-OH is 1. The first-order valence-electron chi connectivity index (χ1n) is 5.98. The Morgan fingerprint density at radius 1 is 1.37 bits per heavy atom. The number of anilines is 1. The Balaban J connectivity index is 1.91. The summed E-state index contributed by atoms with van der Waals surface area (Å²) in [7, 11) is 0. The highest BCUT2D eigenvalue weighted by Gasteiger charge is 2.31. The van der Waals surface area contributed by atoms with Crippen LogP contribution in [0, 0.1) is 0 Å². The van der Waals surface area contributed by atoms with Crippen molar-refractivity contribution in [2.45, 2.75) is 18.6 Å². The fourth-order valence-corrected chi connectivity index (χ4v) is 3.10. The maximum atomic E-state index is 10.2. The molecule has 3 rings (SSSR count). The lowest BCUT2D eigenvalue weighted by Gasteiger charge is -2.19. The van der Waals surface area contributed by atoms with Crippen LogP contribution in [0.3, 0.4) is 0 Å². The summed E-state index contributed by atoms with van der Waals surface area (Å²) < 4.78 is 0.829. The van der Waals surface area contributed by atoms with E-state index in [2.05, 4.69) is 26.2 Å². The Kier molecular flexibility index (Phi) is 3.48. The van der Waals surface area contributed by atoms with Crippen LogP contribution in [-0.2, 0) is 6.42 Å². The minimum Gasteiger partial charge on any atom is -0.390 e. The van der Waals surface area contributed by atoms with Crippen LogP contribution in [0.25, 0.3) is 0 Å². The minimum atomic E-state index is -0.459. The molecular formula is C14H12BrClN2O. The van der Waals surface area contributed by atoms with Gasteiger partial charge in [0.1, 0.15) is 5.82 Å². The fraction of sp³-hybridized carbons (Fsp3) is 0.214. The van der Waals surface area contributed by atoms with E-state index in [-0.39, 0.29) is 6.04 Å². The number of benzene rings is 1. The summed E-state index contributed by atoms with van der Waals surface area (Å²) in [5.74, 6) is 0.589. The molecule has 0 aliphatic heterocycles. The third-order valence-electron chi connectivity index (χ3n) is 3.30. The van der Waals surface area contributed by atoms with Gasteiger partial charge >= 0.3 is 0 Å². The van der Waals surface area contributed by atoms with Crippen molar-refractivity contribution in [2.75, 3.05) is 5.32 Å². The molecule has 1 aliphatic carbocycles. The molecule has 0 saturated heterocycles. The van der Waals surface area contributed by atoms with Crippen molar-refractivity contribution in [3.8, 4) is 0 Å². The Morgan fingerprint density at radius 3 is 2.95 bits per heavy atom. The monoisotopic (exact) mass is 338 g/mol. The number of fused-ring (bicyclic) bond motifs is 1.